The lowest BCUT2D eigenvalue weighted by Crippen LogP contribution is -3.14. The highest BCUT2D eigenvalue weighted by Gasteiger charge is 2.28. The normalized spacial score (nSPS) is 20.2. The van der Waals surface area contributed by atoms with Crippen molar-refractivity contribution in [2.24, 2.45) is 0 Å². The van der Waals surface area contributed by atoms with Crippen LogP contribution in [0.2, 0.25) is 0 Å². The van der Waals surface area contributed by atoms with Crippen LogP contribution in [0.3, 0.4) is 0 Å². The minimum atomic E-state index is -0.302. The molecule has 6 heteroatoms. The Morgan fingerprint density at radius 1 is 1.23 bits per heavy atom. The molecule has 0 saturated carbocycles. The molecule has 134 valence electrons. The molecule has 0 spiro atoms. The Balaban J connectivity index is 1.38. The smallest absolute Gasteiger partial charge is 0.279 e. The van der Waals surface area contributed by atoms with Crippen molar-refractivity contribution in [2.45, 2.75) is 18.8 Å². The maximum Gasteiger partial charge on any atom is 0.279 e. The third kappa shape index (κ3) is 3.92. The Morgan fingerprint density at radius 3 is 2.85 bits per heavy atom. The Morgan fingerprint density at radius 2 is 2.04 bits per heavy atom. The number of amides is 1. The number of rotatable bonds is 4. The SMILES string of the molecule is O=C(C[NH+]1CCC[C@H](c2nc3ccccc3s2)C1)Nc1ccc(F)cc1. The van der Waals surface area contributed by atoms with Crippen molar-refractivity contribution in [3.63, 3.8) is 0 Å². The van der Waals surface area contributed by atoms with Crippen LogP contribution in [0.25, 0.3) is 10.2 Å². The number of carbonyl (C=O) groups excluding carboxylic acids is 1. The van der Waals surface area contributed by atoms with Crippen LogP contribution in [0.15, 0.2) is 48.5 Å². The molecule has 1 fully saturated rings. The molecule has 2 N–H and O–H groups in total. The van der Waals surface area contributed by atoms with Crippen LogP contribution in [-0.4, -0.2) is 30.5 Å². The number of anilines is 1. The third-order valence-corrected chi connectivity index (χ3v) is 6.02. The molecule has 2 heterocycles. The van der Waals surface area contributed by atoms with E-state index in [9.17, 15) is 9.18 Å². The number of halogens is 1. The predicted molar refractivity (Wildman–Crippen MR) is 102 cm³/mol. The number of aromatic nitrogens is 1. The van der Waals surface area contributed by atoms with E-state index in [1.807, 2.05) is 12.1 Å². The first kappa shape index (κ1) is 17.1. The average Bonchev–Trinajstić information content (AvgIpc) is 3.08. The number of hydrogen-bond donors (Lipinski definition) is 2. The molecular weight excluding hydrogens is 349 g/mol. The summed E-state index contributed by atoms with van der Waals surface area (Å²) < 4.78 is 14.2. The number of nitrogens with one attached hydrogen (secondary N) is 2. The van der Waals surface area contributed by atoms with Crippen LogP contribution in [0.1, 0.15) is 23.8 Å². The fourth-order valence-corrected chi connectivity index (χ4v) is 4.65. The molecule has 1 saturated heterocycles. The molecule has 0 radical (unpaired) electrons. The summed E-state index contributed by atoms with van der Waals surface area (Å²) in [4.78, 5) is 18.4. The number of fused-ring (bicyclic) bond motifs is 1. The van der Waals surface area contributed by atoms with Crippen molar-refractivity contribution in [1.82, 2.24) is 4.98 Å². The Kier molecular flexibility index (Phi) is 4.95. The molecule has 1 aliphatic heterocycles. The summed E-state index contributed by atoms with van der Waals surface area (Å²) in [6, 6.07) is 14.1. The molecule has 4 nitrogen and oxygen atoms in total. The standard InChI is InChI=1S/C20H20FN3OS/c21-15-7-9-16(10-8-15)22-19(25)13-24-11-3-4-14(12-24)20-23-17-5-1-2-6-18(17)26-20/h1-2,5-10,14H,3-4,11-13H2,(H,22,25)/p+1/t14-/m0/s1. The van der Waals surface area contributed by atoms with Crippen LogP contribution in [-0.2, 0) is 4.79 Å². The zero-order valence-corrected chi connectivity index (χ0v) is 15.2. The summed E-state index contributed by atoms with van der Waals surface area (Å²) >= 11 is 1.77. The van der Waals surface area contributed by atoms with Crippen molar-refractivity contribution in [1.29, 1.82) is 0 Å². The first-order chi connectivity index (χ1) is 12.7. The molecule has 4 rings (SSSR count). The van der Waals surface area contributed by atoms with Gasteiger partial charge in [-0.05, 0) is 49.2 Å². The lowest BCUT2D eigenvalue weighted by atomic mass is 9.99. The van der Waals surface area contributed by atoms with Gasteiger partial charge >= 0.3 is 0 Å². The molecular formula is C20H21FN3OS+. The molecule has 1 unspecified atom stereocenters. The van der Waals surface area contributed by atoms with Gasteiger partial charge in [-0.25, -0.2) is 9.37 Å². The number of piperidine rings is 1. The van der Waals surface area contributed by atoms with Gasteiger partial charge in [0.1, 0.15) is 10.8 Å². The first-order valence-electron chi connectivity index (χ1n) is 8.92. The maximum atomic E-state index is 13.0. The minimum absolute atomic E-state index is 0.0310. The van der Waals surface area contributed by atoms with E-state index in [2.05, 4.69) is 17.4 Å². The van der Waals surface area contributed by atoms with Crippen LogP contribution in [0.5, 0.6) is 0 Å². The lowest BCUT2D eigenvalue weighted by molar-refractivity contribution is -0.898. The first-order valence-corrected chi connectivity index (χ1v) is 9.73. The van der Waals surface area contributed by atoms with E-state index in [4.69, 9.17) is 4.98 Å². The predicted octanol–water partition coefficient (Wildman–Crippen LogP) is 2.84. The number of likely N-dealkylation sites (tertiary alicyclic amines) is 1. The number of quaternary nitrogens is 1. The van der Waals surface area contributed by atoms with Crippen molar-refractivity contribution >= 4 is 33.1 Å². The van der Waals surface area contributed by atoms with Gasteiger partial charge in [0.25, 0.3) is 5.91 Å². The summed E-state index contributed by atoms with van der Waals surface area (Å²) in [6.45, 7) is 2.35. The molecule has 1 amide bonds. The minimum Gasteiger partial charge on any atom is -0.327 e. The summed E-state index contributed by atoms with van der Waals surface area (Å²) in [7, 11) is 0. The van der Waals surface area contributed by atoms with Crippen molar-refractivity contribution in [3.05, 3.63) is 59.4 Å². The number of para-hydroxylation sites is 1. The monoisotopic (exact) mass is 370 g/mol. The average molecular weight is 370 g/mol. The molecule has 3 aromatic rings. The van der Waals surface area contributed by atoms with E-state index in [-0.39, 0.29) is 11.7 Å². The van der Waals surface area contributed by atoms with E-state index in [0.29, 0.717) is 18.2 Å². The molecule has 0 bridgehead atoms. The van der Waals surface area contributed by atoms with E-state index in [1.165, 1.54) is 26.7 Å². The van der Waals surface area contributed by atoms with Crippen molar-refractivity contribution in [3.8, 4) is 0 Å². The number of carbonyl (C=O) groups is 1. The van der Waals surface area contributed by atoms with Crippen LogP contribution < -0.4 is 10.2 Å². The Labute approximate surface area is 155 Å². The van der Waals surface area contributed by atoms with Gasteiger partial charge in [0, 0.05) is 5.69 Å². The number of thiazole rings is 1. The van der Waals surface area contributed by atoms with Crippen LogP contribution >= 0.6 is 11.3 Å². The molecule has 2 atom stereocenters. The number of hydrogen-bond acceptors (Lipinski definition) is 3. The van der Waals surface area contributed by atoms with E-state index >= 15 is 0 Å². The van der Waals surface area contributed by atoms with Gasteiger partial charge in [0.2, 0.25) is 0 Å². The zero-order valence-electron chi connectivity index (χ0n) is 14.4. The highest BCUT2D eigenvalue weighted by atomic mass is 32.1. The topological polar surface area (TPSA) is 46.4 Å². The van der Waals surface area contributed by atoms with Crippen molar-refractivity contribution in [2.75, 3.05) is 25.0 Å². The third-order valence-electron chi connectivity index (χ3n) is 4.82. The Hall–Kier alpha value is -2.31. The second-order valence-electron chi connectivity index (χ2n) is 6.79. The van der Waals surface area contributed by atoms with Gasteiger partial charge < -0.3 is 10.2 Å². The quantitative estimate of drug-likeness (QED) is 0.742. The summed E-state index contributed by atoms with van der Waals surface area (Å²) in [5.41, 5.74) is 1.70. The van der Waals surface area contributed by atoms with E-state index in [0.717, 1.165) is 31.4 Å². The zero-order chi connectivity index (χ0) is 17.9. The van der Waals surface area contributed by atoms with Gasteiger partial charge in [0.05, 0.1) is 29.2 Å². The fraction of sp³-hybridized carbons (Fsp3) is 0.300. The second-order valence-corrected chi connectivity index (χ2v) is 7.86. The molecule has 26 heavy (non-hydrogen) atoms. The maximum absolute atomic E-state index is 13.0. The second kappa shape index (κ2) is 7.51. The Bertz CT molecular complexity index is 876. The van der Waals surface area contributed by atoms with Crippen LogP contribution in [0.4, 0.5) is 10.1 Å². The highest BCUT2D eigenvalue weighted by Crippen LogP contribution is 2.30. The summed E-state index contributed by atoms with van der Waals surface area (Å²) in [5, 5.41) is 4.04. The number of benzene rings is 2. The van der Waals surface area contributed by atoms with Crippen LogP contribution in [0, 0.1) is 5.82 Å². The van der Waals surface area contributed by atoms with E-state index in [1.54, 1.807) is 23.5 Å². The van der Waals surface area contributed by atoms with E-state index < -0.39 is 0 Å². The van der Waals surface area contributed by atoms with Gasteiger partial charge in [-0.2, -0.15) is 0 Å². The van der Waals surface area contributed by atoms with Gasteiger partial charge in [0.15, 0.2) is 6.54 Å². The van der Waals surface area contributed by atoms with Gasteiger partial charge in [-0.1, -0.05) is 12.1 Å². The summed E-state index contributed by atoms with van der Waals surface area (Å²) in [5.74, 6) is 0.0784. The molecule has 0 aliphatic carbocycles. The molecule has 2 aromatic carbocycles. The summed E-state index contributed by atoms with van der Waals surface area (Å²) in [6.07, 6.45) is 2.22. The lowest BCUT2D eigenvalue weighted by Gasteiger charge is -2.28. The molecule has 1 aliphatic rings. The highest BCUT2D eigenvalue weighted by molar-refractivity contribution is 7.18. The van der Waals surface area contributed by atoms with Gasteiger partial charge in [-0.3, -0.25) is 4.79 Å². The largest absolute Gasteiger partial charge is 0.327 e. The molecule has 1 aromatic heterocycles. The fourth-order valence-electron chi connectivity index (χ4n) is 3.55. The van der Waals surface area contributed by atoms with Crippen molar-refractivity contribution < 1.29 is 14.1 Å². The number of nitrogens with zero attached hydrogens (tertiary/aromatic N) is 1. The van der Waals surface area contributed by atoms with Gasteiger partial charge in [-0.15, -0.1) is 11.3 Å².